The summed E-state index contributed by atoms with van der Waals surface area (Å²) in [6, 6.07) is 20.7. The number of imidazole rings is 2. The zero-order valence-corrected chi connectivity index (χ0v) is 37.6. The first-order valence-electron chi connectivity index (χ1n) is 21.9. The summed E-state index contributed by atoms with van der Waals surface area (Å²) in [4.78, 5) is 73.2. The first-order chi connectivity index (χ1) is 31.3. The van der Waals surface area contributed by atoms with E-state index in [0.717, 1.165) is 55.5 Å². The van der Waals surface area contributed by atoms with E-state index in [9.17, 15) is 19.2 Å². The number of ether oxygens (including phenoxy) is 3. The number of aromatic nitrogens is 4. The van der Waals surface area contributed by atoms with Crippen molar-refractivity contribution < 1.29 is 33.4 Å². The molecule has 2 aromatic heterocycles. The van der Waals surface area contributed by atoms with Crippen LogP contribution in [0.5, 0.6) is 5.75 Å². The molecule has 336 valence electrons. The van der Waals surface area contributed by atoms with Gasteiger partial charge in [0.2, 0.25) is 5.91 Å². The van der Waals surface area contributed by atoms with Crippen LogP contribution < -0.4 is 15.4 Å². The van der Waals surface area contributed by atoms with Gasteiger partial charge in [-0.1, -0.05) is 69.3 Å². The average Bonchev–Trinajstić information content (AvgIpc) is 4.11. The summed E-state index contributed by atoms with van der Waals surface area (Å²) in [5, 5.41) is 7.30. The van der Waals surface area contributed by atoms with Gasteiger partial charge in [-0.05, 0) is 84.5 Å². The van der Waals surface area contributed by atoms with Crippen molar-refractivity contribution in [1.29, 1.82) is 0 Å². The van der Waals surface area contributed by atoms with Crippen molar-refractivity contribution in [2.45, 2.75) is 84.3 Å². The van der Waals surface area contributed by atoms with E-state index in [2.05, 4.69) is 50.8 Å². The molecular weight excluding hydrogens is 825 g/mol. The predicted octanol–water partition coefficient (Wildman–Crippen LogP) is 8.35. The van der Waals surface area contributed by atoms with Crippen LogP contribution in [0.25, 0.3) is 44.2 Å². The summed E-state index contributed by atoms with van der Waals surface area (Å²) in [5.41, 5.74) is 6.90. The van der Waals surface area contributed by atoms with Crippen LogP contribution in [-0.2, 0) is 25.7 Å². The van der Waals surface area contributed by atoms with Gasteiger partial charge in [0.05, 0.1) is 49.2 Å². The number of carbonyl (C=O) groups is 4. The first-order valence-corrected chi connectivity index (χ1v) is 21.9. The Bertz CT molecular complexity index is 2810. The van der Waals surface area contributed by atoms with Gasteiger partial charge in [0.1, 0.15) is 36.1 Å². The van der Waals surface area contributed by atoms with Crippen LogP contribution in [0.15, 0.2) is 79.0 Å². The van der Waals surface area contributed by atoms with Crippen molar-refractivity contribution in [3.8, 4) is 40.5 Å². The summed E-state index contributed by atoms with van der Waals surface area (Å²) in [7, 11) is 2.54. The maximum Gasteiger partial charge on any atom is 0.407 e. The normalized spacial score (nSPS) is 17.2. The van der Waals surface area contributed by atoms with E-state index >= 15 is 0 Å². The van der Waals surface area contributed by atoms with Crippen LogP contribution in [0.3, 0.4) is 0 Å². The number of methoxy groups -OCH3 is 2. The molecule has 4 N–H and O–H groups in total. The number of alkyl carbamates (subject to hydrolysis) is 2. The van der Waals surface area contributed by atoms with E-state index in [1.807, 2.05) is 71.0 Å². The molecule has 15 heteroatoms. The third kappa shape index (κ3) is 8.56. The summed E-state index contributed by atoms with van der Waals surface area (Å²) in [6.45, 7) is 10.4. The average molecular weight is 879 g/mol. The van der Waals surface area contributed by atoms with Gasteiger partial charge < -0.3 is 44.6 Å². The quantitative estimate of drug-likeness (QED) is 0.0878. The Kier molecular flexibility index (Phi) is 12.5. The number of hydrogen-bond acceptors (Lipinski definition) is 9. The van der Waals surface area contributed by atoms with Crippen LogP contribution in [0.1, 0.15) is 88.4 Å². The minimum atomic E-state index is -0.985. The van der Waals surface area contributed by atoms with Crippen molar-refractivity contribution in [3.63, 3.8) is 0 Å². The highest BCUT2D eigenvalue weighted by Gasteiger charge is 2.41. The molecule has 0 aliphatic carbocycles. The lowest BCUT2D eigenvalue weighted by Crippen LogP contribution is -2.54. The number of nitrogens with one attached hydrogen (secondary N) is 4. The second-order valence-electron chi connectivity index (χ2n) is 17.1. The number of terminal acetylenes is 1. The van der Waals surface area contributed by atoms with Crippen molar-refractivity contribution in [3.05, 3.63) is 102 Å². The van der Waals surface area contributed by atoms with Crippen LogP contribution in [0.4, 0.5) is 9.59 Å². The molecule has 4 aromatic carbocycles. The topological polar surface area (TPSA) is 184 Å². The van der Waals surface area contributed by atoms with Gasteiger partial charge in [0, 0.05) is 29.5 Å². The molecule has 4 amide bonds. The molecule has 0 spiro atoms. The molecule has 0 saturated carbocycles. The standard InChI is InChI=1S/C50H54N8O7/c1-9-28(5)58(48(60)42(27(3)4)55-49(61)63-7)29(6)45-51-24-39(53-45)33-16-18-35-34(21-33)26-65-41-23-36-32(22-37(35)41)17-19-38-44(36)54-46(52-38)40-20-30(10-2)25-57(40)47(59)43(56-50(62)64-8)31-14-12-11-13-15-31/h2,11-19,21-24,27-30,40,42-43H,9,20,25-26H2,1,3-8H3,(H,51,53)(H,52,54)(H,55,61)(H,56,62)/t28-,29-,30-,40-,42-,43+/m0/s1. The Morgan fingerprint density at radius 1 is 0.954 bits per heavy atom. The van der Waals surface area contributed by atoms with Crippen molar-refractivity contribution in [1.82, 2.24) is 40.4 Å². The molecule has 2 aliphatic rings. The smallest absolute Gasteiger partial charge is 0.407 e. The minimum Gasteiger partial charge on any atom is -0.488 e. The maximum atomic E-state index is 14.3. The number of likely N-dealkylation sites (tertiary alicyclic amines) is 1. The molecule has 1 saturated heterocycles. The predicted molar refractivity (Wildman–Crippen MR) is 246 cm³/mol. The zero-order chi connectivity index (χ0) is 46.1. The number of aromatic amines is 2. The zero-order valence-electron chi connectivity index (χ0n) is 37.6. The highest BCUT2D eigenvalue weighted by atomic mass is 16.5. The molecule has 15 nitrogen and oxygen atoms in total. The number of rotatable bonds is 12. The summed E-state index contributed by atoms with van der Waals surface area (Å²) in [5.74, 6) is 3.90. The summed E-state index contributed by atoms with van der Waals surface area (Å²) < 4.78 is 16.1. The van der Waals surface area contributed by atoms with Crippen molar-refractivity contribution >= 4 is 45.8 Å². The fourth-order valence-corrected chi connectivity index (χ4v) is 9.04. The molecule has 65 heavy (non-hydrogen) atoms. The minimum absolute atomic E-state index is 0.124. The van der Waals surface area contributed by atoms with Crippen LogP contribution in [0, 0.1) is 24.2 Å². The lowest BCUT2D eigenvalue weighted by molar-refractivity contribution is -0.139. The second-order valence-corrected chi connectivity index (χ2v) is 17.1. The van der Waals surface area contributed by atoms with Crippen LogP contribution in [0.2, 0.25) is 0 Å². The Morgan fingerprint density at radius 3 is 2.42 bits per heavy atom. The fourth-order valence-electron chi connectivity index (χ4n) is 9.04. The number of fused-ring (bicyclic) bond motifs is 6. The van der Waals surface area contributed by atoms with Gasteiger partial charge in [0.25, 0.3) is 5.91 Å². The maximum absolute atomic E-state index is 14.3. The molecule has 8 rings (SSSR count). The van der Waals surface area contributed by atoms with Gasteiger partial charge in [-0.3, -0.25) is 9.59 Å². The number of carbonyl (C=O) groups excluding carboxylic acids is 4. The van der Waals surface area contributed by atoms with E-state index in [0.29, 0.717) is 43.2 Å². The molecule has 4 heterocycles. The van der Waals surface area contributed by atoms with E-state index in [-0.39, 0.29) is 29.7 Å². The van der Waals surface area contributed by atoms with Gasteiger partial charge >= 0.3 is 12.2 Å². The second kappa shape index (κ2) is 18.4. The number of amides is 4. The highest BCUT2D eigenvalue weighted by Crippen LogP contribution is 2.44. The van der Waals surface area contributed by atoms with Gasteiger partial charge in [0.15, 0.2) is 0 Å². The Labute approximate surface area is 377 Å². The fraction of sp³-hybridized carbons (Fsp3) is 0.360. The Hall–Kier alpha value is -7.34. The molecule has 6 aromatic rings. The molecule has 0 radical (unpaired) electrons. The number of H-pyrrole nitrogens is 2. The molecule has 2 aliphatic heterocycles. The van der Waals surface area contributed by atoms with Crippen LogP contribution in [-0.4, -0.2) is 86.6 Å². The largest absolute Gasteiger partial charge is 0.488 e. The Morgan fingerprint density at radius 2 is 1.71 bits per heavy atom. The van der Waals surface area contributed by atoms with E-state index < -0.39 is 36.4 Å². The van der Waals surface area contributed by atoms with Crippen LogP contribution >= 0.6 is 0 Å². The third-order valence-electron chi connectivity index (χ3n) is 12.8. The van der Waals surface area contributed by atoms with E-state index in [1.54, 1.807) is 28.1 Å². The SMILES string of the molecule is C#C[C@H]1C[C@@H](c2nc3c(ccc4cc5c(cc43)OCc3cc(-c4cnc([C@H](C)N(C(=O)[C@@H](NC(=O)OC)C(C)C)[C@@H](C)CC)[nH]4)ccc3-5)[nH]2)N(C(=O)[C@H](NC(=O)OC)c2ccccc2)C1. The Balaban J connectivity index is 1.06. The molecule has 0 bridgehead atoms. The van der Waals surface area contributed by atoms with Gasteiger partial charge in [-0.2, -0.15) is 0 Å². The lowest BCUT2D eigenvalue weighted by Gasteiger charge is -2.37. The first kappa shape index (κ1) is 44.3. The number of nitrogens with zero attached hydrogens (tertiary/aromatic N) is 4. The van der Waals surface area contributed by atoms with E-state index in [1.165, 1.54) is 14.2 Å². The molecule has 0 unspecified atom stereocenters. The van der Waals surface area contributed by atoms with Crippen molar-refractivity contribution in [2.75, 3.05) is 20.8 Å². The van der Waals surface area contributed by atoms with Gasteiger partial charge in [-0.25, -0.2) is 19.6 Å². The molecule has 1 fully saturated rings. The lowest BCUT2D eigenvalue weighted by atomic mass is 9.92. The third-order valence-corrected chi connectivity index (χ3v) is 12.8. The van der Waals surface area contributed by atoms with Gasteiger partial charge in [-0.15, -0.1) is 12.3 Å². The summed E-state index contributed by atoms with van der Waals surface area (Å²) >= 11 is 0. The number of benzene rings is 4. The van der Waals surface area contributed by atoms with Crippen molar-refractivity contribution in [2.24, 2.45) is 11.8 Å². The molecule has 6 atom stereocenters. The number of hydrogen-bond donors (Lipinski definition) is 4. The highest BCUT2D eigenvalue weighted by molar-refractivity contribution is 6.07. The summed E-state index contributed by atoms with van der Waals surface area (Å²) in [6.07, 6.45) is 7.56. The monoisotopic (exact) mass is 878 g/mol. The van der Waals surface area contributed by atoms with E-state index in [4.69, 9.17) is 30.6 Å². The molecular formula is C50H54N8O7.